The molecule has 0 unspecified atom stereocenters. The molecule has 1 aliphatic heterocycles. The minimum absolute atomic E-state index is 0.144. The van der Waals surface area contributed by atoms with Crippen molar-refractivity contribution in [2.45, 2.75) is 32.7 Å². The molecule has 1 N–H and O–H groups in total. The Bertz CT molecular complexity index is 1630. The fourth-order valence-electron chi connectivity index (χ4n) is 5.52. The summed E-state index contributed by atoms with van der Waals surface area (Å²) in [5, 5.41) is 3.14. The standard InChI is InChI=1S/C32H31N3O3/c1-21-10-12-23(13-11-21)29-27-9-4-5-18-34-28(22-14-16-25(37-2)17-15-22)20-35(32(27)34)30(29)31(36)33-24-7-6-8-26(19-24)38-3/h6-8,10-17,19-20H,4-5,9,18H2,1-3H3,(H,33,36). The lowest BCUT2D eigenvalue weighted by atomic mass is 9.97. The van der Waals surface area contributed by atoms with Gasteiger partial charge in [-0.3, -0.25) is 9.20 Å². The van der Waals surface area contributed by atoms with Crippen LogP contribution in [0.4, 0.5) is 5.69 Å². The third-order valence-electron chi connectivity index (χ3n) is 7.40. The van der Waals surface area contributed by atoms with Crippen LogP contribution in [0.5, 0.6) is 11.5 Å². The zero-order chi connectivity index (χ0) is 26.2. The Labute approximate surface area is 222 Å². The summed E-state index contributed by atoms with van der Waals surface area (Å²) in [5.74, 6) is 1.38. The fraction of sp³-hybridized carbons (Fsp3) is 0.219. The number of benzene rings is 3. The van der Waals surface area contributed by atoms with Crippen molar-refractivity contribution in [3.05, 3.63) is 95.8 Å². The third-order valence-corrected chi connectivity index (χ3v) is 7.40. The number of nitrogens with zero attached hydrogens (tertiary/aromatic N) is 2. The summed E-state index contributed by atoms with van der Waals surface area (Å²) in [6, 6.07) is 24.1. The maximum Gasteiger partial charge on any atom is 0.273 e. The summed E-state index contributed by atoms with van der Waals surface area (Å²) >= 11 is 0. The van der Waals surface area contributed by atoms with Crippen LogP contribution in [0, 0.1) is 6.92 Å². The van der Waals surface area contributed by atoms with Gasteiger partial charge in [0.05, 0.1) is 19.9 Å². The monoisotopic (exact) mass is 505 g/mol. The zero-order valence-corrected chi connectivity index (χ0v) is 22.0. The van der Waals surface area contributed by atoms with Crippen molar-refractivity contribution >= 4 is 17.2 Å². The van der Waals surface area contributed by atoms with Gasteiger partial charge in [-0.15, -0.1) is 0 Å². The molecule has 5 aromatic rings. The summed E-state index contributed by atoms with van der Waals surface area (Å²) in [4.78, 5) is 14.1. The summed E-state index contributed by atoms with van der Waals surface area (Å²) in [7, 11) is 3.30. The van der Waals surface area contributed by atoms with E-state index in [9.17, 15) is 4.79 Å². The van der Waals surface area contributed by atoms with Gasteiger partial charge in [0.15, 0.2) is 0 Å². The Balaban J connectivity index is 1.57. The van der Waals surface area contributed by atoms with Crippen LogP contribution < -0.4 is 14.8 Å². The second-order valence-electron chi connectivity index (χ2n) is 9.80. The molecular weight excluding hydrogens is 474 g/mol. The van der Waals surface area contributed by atoms with Crippen molar-refractivity contribution < 1.29 is 14.3 Å². The van der Waals surface area contributed by atoms with Crippen LogP contribution in [0.25, 0.3) is 28.0 Å². The molecule has 0 radical (unpaired) electrons. The highest BCUT2D eigenvalue weighted by molar-refractivity contribution is 6.10. The zero-order valence-electron chi connectivity index (χ0n) is 22.0. The van der Waals surface area contributed by atoms with Gasteiger partial charge >= 0.3 is 0 Å². The van der Waals surface area contributed by atoms with E-state index in [1.165, 1.54) is 11.1 Å². The lowest BCUT2D eigenvalue weighted by Crippen LogP contribution is -2.15. The summed E-state index contributed by atoms with van der Waals surface area (Å²) in [6.07, 6.45) is 5.19. The Kier molecular flexibility index (Phi) is 6.16. The first-order chi connectivity index (χ1) is 18.6. The molecule has 0 atom stereocenters. The third kappa shape index (κ3) is 4.12. The van der Waals surface area contributed by atoms with Gasteiger partial charge in [0.25, 0.3) is 5.91 Å². The molecule has 0 saturated carbocycles. The second kappa shape index (κ2) is 9.78. The number of carbonyl (C=O) groups excluding carboxylic acids is 1. The molecule has 192 valence electrons. The molecule has 6 nitrogen and oxygen atoms in total. The Hall–Kier alpha value is -4.45. The molecule has 38 heavy (non-hydrogen) atoms. The van der Waals surface area contributed by atoms with Crippen LogP contribution in [0.2, 0.25) is 0 Å². The van der Waals surface area contributed by atoms with Crippen LogP contribution >= 0.6 is 0 Å². The molecule has 2 aromatic heterocycles. The highest BCUT2D eigenvalue weighted by Gasteiger charge is 2.29. The fourth-order valence-corrected chi connectivity index (χ4v) is 5.52. The molecule has 0 aliphatic carbocycles. The van der Waals surface area contributed by atoms with Crippen LogP contribution in [-0.4, -0.2) is 29.1 Å². The number of rotatable bonds is 6. The SMILES string of the molecule is COc1ccc(-c2cn3c(C(=O)Nc4cccc(OC)c4)c(-c4ccc(C)cc4)c4c3n2CCCC4)cc1. The quantitative estimate of drug-likeness (QED) is 0.271. The average Bonchev–Trinajstić information content (AvgIpc) is 3.36. The van der Waals surface area contributed by atoms with Gasteiger partial charge in [-0.05, 0) is 73.7 Å². The van der Waals surface area contributed by atoms with Gasteiger partial charge < -0.3 is 19.4 Å². The summed E-state index contributed by atoms with van der Waals surface area (Å²) < 4.78 is 15.2. The number of carbonyl (C=O) groups is 1. The molecular formula is C32H31N3O3. The number of aryl methyl sites for hydroxylation is 3. The van der Waals surface area contributed by atoms with E-state index in [0.717, 1.165) is 59.6 Å². The number of hydrogen-bond acceptors (Lipinski definition) is 3. The maximum atomic E-state index is 14.1. The molecule has 0 bridgehead atoms. The predicted octanol–water partition coefficient (Wildman–Crippen LogP) is 6.99. The van der Waals surface area contributed by atoms with Crippen LogP contribution in [-0.2, 0) is 13.0 Å². The highest BCUT2D eigenvalue weighted by atomic mass is 16.5. The van der Waals surface area contributed by atoms with Gasteiger partial charge in [-0.2, -0.15) is 0 Å². The molecule has 1 aliphatic rings. The van der Waals surface area contributed by atoms with Crippen molar-refractivity contribution in [3.8, 4) is 33.9 Å². The Morgan fingerprint density at radius 3 is 2.34 bits per heavy atom. The largest absolute Gasteiger partial charge is 0.497 e. The van der Waals surface area contributed by atoms with Gasteiger partial charge in [0.1, 0.15) is 22.8 Å². The van der Waals surface area contributed by atoms with Crippen LogP contribution in [0.3, 0.4) is 0 Å². The van der Waals surface area contributed by atoms with Crippen molar-refractivity contribution in [2.24, 2.45) is 0 Å². The first kappa shape index (κ1) is 23.9. The van der Waals surface area contributed by atoms with E-state index < -0.39 is 0 Å². The maximum absolute atomic E-state index is 14.1. The van der Waals surface area contributed by atoms with Gasteiger partial charge in [-0.25, -0.2) is 0 Å². The number of imidazole rings is 1. The smallest absolute Gasteiger partial charge is 0.273 e. The molecule has 6 heteroatoms. The first-order valence-electron chi connectivity index (χ1n) is 13.0. The van der Waals surface area contributed by atoms with E-state index in [-0.39, 0.29) is 5.91 Å². The second-order valence-corrected chi connectivity index (χ2v) is 9.80. The van der Waals surface area contributed by atoms with Crippen molar-refractivity contribution in [2.75, 3.05) is 19.5 Å². The van der Waals surface area contributed by atoms with E-state index in [0.29, 0.717) is 17.1 Å². The van der Waals surface area contributed by atoms with E-state index in [1.807, 2.05) is 36.4 Å². The lowest BCUT2D eigenvalue weighted by Gasteiger charge is -2.11. The first-order valence-corrected chi connectivity index (χ1v) is 13.0. The molecule has 3 heterocycles. The van der Waals surface area contributed by atoms with Gasteiger partial charge in [0.2, 0.25) is 0 Å². The molecule has 0 spiro atoms. The molecule has 0 saturated heterocycles. The van der Waals surface area contributed by atoms with Crippen molar-refractivity contribution in [3.63, 3.8) is 0 Å². The van der Waals surface area contributed by atoms with Crippen molar-refractivity contribution in [1.29, 1.82) is 0 Å². The number of nitrogens with one attached hydrogen (secondary N) is 1. The minimum Gasteiger partial charge on any atom is -0.497 e. The summed E-state index contributed by atoms with van der Waals surface area (Å²) in [6.45, 7) is 2.99. The normalized spacial score (nSPS) is 12.8. The minimum atomic E-state index is -0.144. The number of ether oxygens (including phenoxy) is 2. The van der Waals surface area contributed by atoms with Crippen molar-refractivity contribution in [1.82, 2.24) is 8.97 Å². The van der Waals surface area contributed by atoms with Crippen LogP contribution in [0.15, 0.2) is 79.0 Å². The van der Waals surface area contributed by atoms with Gasteiger partial charge in [0, 0.05) is 35.6 Å². The topological polar surface area (TPSA) is 56.9 Å². The number of anilines is 1. The van der Waals surface area contributed by atoms with E-state index >= 15 is 0 Å². The Morgan fingerprint density at radius 2 is 1.61 bits per heavy atom. The number of methoxy groups -OCH3 is 2. The number of amides is 1. The summed E-state index contributed by atoms with van der Waals surface area (Å²) in [5.41, 5.74) is 9.12. The van der Waals surface area contributed by atoms with E-state index in [1.54, 1.807) is 14.2 Å². The van der Waals surface area contributed by atoms with Crippen LogP contribution in [0.1, 0.15) is 34.5 Å². The Morgan fingerprint density at radius 1 is 0.868 bits per heavy atom. The molecule has 0 fully saturated rings. The molecule has 1 amide bonds. The number of aromatic nitrogens is 2. The molecule has 6 rings (SSSR count). The molecule has 3 aromatic carbocycles. The van der Waals surface area contributed by atoms with E-state index in [4.69, 9.17) is 9.47 Å². The van der Waals surface area contributed by atoms with E-state index in [2.05, 4.69) is 63.8 Å². The highest BCUT2D eigenvalue weighted by Crippen LogP contribution is 2.40. The predicted molar refractivity (Wildman–Crippen MR) is 151 cm³/mol. The number of hydrogen-bond donors (Lipinski definition) is 1. The lowest BCUT2D eigenvalue weighted by molar-refractivity contribution is 0.102. The van der Waals surface area contributed by atoms with Gasteiger partial charge in [-0.1, -0.05) is 35.9 Å². The average molecular weight is 506 g/mol.